The molecule has 28 heavy (non-hydrogen) atoms. The minimum atomic E-state index is 0.0145. The SMILES string of the molecule is Nc1nc(N2CC[C@H](N)c3ccccc3C2)cnc1Sc1ccnc(N)c1Cl. The predicted octanol–water partition coefficient (Wildman–Crippen LogP) is 3.25. The number of nitrogens with two attached hydrogens (primary N) is 3. The number of fused-ring (bicyclic) bond motifs is 1. The van der Waals surface area contributed by atoms with Crippen LogP contribution in [0.4, 0.5) is 17.5 Å². The lowest BCUT2D eigenvalue weighted by Crippen LogP contribution is -2.24. The average Bonchev–Trinajstić information content (AvgIpc) is 2.86. The van der Waals surface area contributed by atoms with Crippen LogP contribution in [-0.4, -0.2) is 21.5 Å². The van der Waals surface area contributed by atoms with Gasteiger partial charge < -0.3 is 22.1 Å². The van der Waals surface area contributed by atoms with E-state index in [1.807, 2.05) is 12.1 Å². The monoisotopic (exact) mass is 413 g/mol. The number of aromatic nitrogens is 3. The van der Waals surface area contributed by atoms with Crippen LogP contribution in [0.5, 0.6) is 0 Å². The Labute approximate surface area is 172 Å². The van der Waals surface area contributed by atoms with Crippen molar-refractivity contribution in [3.8, 4) is 0 Å². The van der Waals surface area contributed by atoms with E-state index in [9.17, 15) is 0 Å². The molecule has 2 aromatic heterocycles. The summed E-state index contributed by atoms with van der Waals surface area (Å²) in [5.74, 6) is 1.34. The van der Waals surface area contributed by atoms with E-state index in [1.54, 1.807) is 18.5 Å². The molecule has 0 bridgehead atoms. The first-order valence-electron chi connectivity index (χ1n) is 8.81. The summed E-state index contributed by atoms with van der Waals surface area (Å²) in [5, 5.41) is 0.957. The quantitative estimate of drug-likeness (QED) is 0.598. The fourth-order valence-electron chi connectivity index (χ4n) is 3.21. The van der Waals surface area contributed by atoms with Gasteiger partial charge in [0.15, 0.2) is 5.82 Å². The third-order valence-corrected chi connectivity index (χ3v) is 6.27. The smallest absolute Gasteiger partial charge is 0.158 e. The zero-order valence-corrected chi connectivity index (χ0v) is 16.6. The summed E-state index contributed by atoms with van der Waals surface area (Å²) in [7, 11) is 0. The van der Waals surface area contributed by atoms with Crippen LogP contribution >= 0.6 is 23.4 Å². The lowest BCUT2D eigenvalue weighted by molar-refractivity contribution is 0.650. The van der Waals surface area contributed by atoms with E-state index in [0.29, 0.717) is 15.9 Å². The highest BCUT2D eigenvalue weighted by Crippen LogP contribution is 2.37. The maximum Gasteiger partial charge on any atom is 0.158 e. The Balaban J connectivity index is 1.59. The van der Waals surface area contributed by atoms with Crippen LogP contribution < -0.4 is 22.1 Å². The number of anilines is 3. The molecule has 7 nitrogen and oxygen atoms in total. The number of hydrogen-bond acceptors (Lipinski definition) is 8. The number of hydrogen-bond donors (Lipinski definition) is 3. The van der Waals surface area contributed by atoms with Gasteiger partial charge in [0, 0.05) is 30.2 Å². The fraction of sp³-hybridized carbons (Fsp3) is 0.211. The first kappa shape index (κ1) is 18.8. The highest BCUT2D eigenvalue weighted by molar-refractivity contribution is 7.99. The topological polar surface area (TPSA) is 120 Å². The molecule has 0 unspecified atom stereocenters. The van der Waals surface area contributed by atoms with E-state index in [1.165, 1.54) is 22.9 Å². The number of nitrogen functional groups attached to an aromatic ring is 2. The fourth-order valence-corrected chi connectivity index (χ4v) is 4.22. The van der Waals surface area contributed by atoms with Crippen LogP contribution in [-0.2, 0) is 6.54 Å². The zero-order valence-electron chi connectivity index (χ0n) is 15.0. The summed E-state index contributed by atoms with van der Waals surface area (Å²) in [6, 6.07) is 10.0. The number of pyridine rings is 1. The van der Waals surface area contributed by atoms with Crippen LogP contribution in [0.15, 0.2) is 52.6 Å². The molecular weight excluding hydrogens is 394 g/mol. The molecule has 1 atom stereocenters. The van der Waals surface area contributed by atoms with Crippen LogP contribution in [0, 0.1) is 0 Å². The summed E-state index contributed by atoms with van der Waals surface area (Å²) in [6.45, 7) is 1.50. The normalized spacial score (nSPS) is 16.5. The minimum Gasteiger partial charge on any atom is -0.382 e. The van der Waals surface area contributed by atoms with Crippen molar-refractivity contribution in [2.24, 2.45) is 5.73 Å². The first-order valence-corrected chi connectivity index (χ1v) is 10.0. The van der Waals surface area contributed by atoms with Gasteiger partial charge in [-0.1, -0.05) is 47.6 Å². The second kappa shape index (κ2) is 7.83. The van der Waals surface area contributed by atoms with Crippen LogP contribution in [0.3, 0.4) is 0 Å². The van der Waals surface area contributed by atoms with E-state index in [0.717, 1.165) is 30.2 Å². The summed E-state index contributed by atoms with van der Waals surface area (Å²) in [5.41, 5.74) is 20.7. The van der Waals surface area contributed by atoms with Gasteiger partial charge in [0.25, 0.3) is 0 Å². The molecule has 0 amide bonds. The number of rotatable bonds is 3. The first-order chi connectivity index (χ1) is 13.5. The zero-order chi connectivity index (χ0) is 19.7. The number of halogens is 1. The van der Waals surface area contributed by atoms with Crippen LogP contribution in [0.2, 0.25) is 5.02 Å². The van der Waals surface area contributed by atoms with Crippen molar-refractivity contribution in [1.29, 1.82) is 0 Å². The van der Waals surface area contributed by atoms with E-state index in [4.69, 9.17) is 28.8 Å². The molecule has 1 aliphatic heterocycles. The van der Waals surface area contributed by atoms with Crippen molar-refractivity contribution >= 4 is 40.8 Å². The third kappa shape index (κ3) is 3.71. The Morgan fingerprint density at radius 3 is 2.75 bits per heavy atom. The van der Waals surface area contributed by atoms with Crippen LogP contribution in [0.1, 0.15) is 23.6 Å². The summed E-state index contributed by atoms with van der Waals surface area (Å²) in [4.78, 5) is 15.9. The van der Waals surface area contributed by atoms with Gasteiger partial charge in [-0.3, -0.25) is 0 Å². The third-order valence-electron chi connectivity index (χ3n) is 4.69. The summed E-state index contributed by atoms with van der Waals surface area (Å²) < 4.78 is 0. The molecule has 3 heterocycles. The van der Waals surface area contributed by atoms with Crippen molar-refractivity contribution in [3.05, 3.63) is 58.9 Å². The van der Waals surface area contributed by atoms with E-state index in [-0.39, 0.29) is 11.9 Å². The van der Waals surface area contributed by atoms with E-state index in [2.05, 4.69) is 32.0 Å². The molecule has 0 radical (unpaired) electrons. The van der Waals surface area contributed by atoms with Crippen molar-refractivity contribution in [1.82, 2.24) is 15.0 Å². The molecule has 0 saturated heterocycles. The molecule has 3 aromatic rings. The molecule has 0 fully saturated rings. The van der Waals surface area contributed by atoms with Gasteiger partial charge in [-0.15, -0.1) is 0 Å². The number of benzene rings is 1. The van der Waals surface area contributed by atoms with E-state index >= 15 is 0 Å². The van der Waals surface area contributed by atoms with Crippen molar-refractivity contribution < 1.29 is 0 Å². The second-order valence-corrected chi connectivity index (χ2v) is 7.95. The Bertz CT molecular complexity index is 1010. The molecule has 0 aliphatic carbocycles. The summed E-state index contributed by atoms with van der Waals surface area (Å²) >= 11 is 7.53. The molecule has 1 aromatic carbocycles. The standard InChI is InChI=1S/C19H20ClN7S/c20-16-14(5-7-24-17(16)22)28-19-18(23)26-15(9-25-19)27-8-6-13(21)12-4-2-1-3-11(12)10-27/h1-5,7,9,13H,6,8,10,21H2,(H2,22,24)(H2,23,26)/t13-/m0/s1. The lowest BCUT2D eigenvalue weighted by Gasteiger charge is -2.22. The average molecular weight is 414 g/mol. The maximum absolute atomic E-state index is 6.33. The van der Waals surface area contributed by atoms with Crippen molar-refractivity contribution in [3.63, 3.8) is 0 Å². The van der Waals surface area contributed by atoms with Gasteiger partial charge in [0.05, 0.1) is 11.2 Å². The van der Waals surface area contributed by atoms with Gasteiger partial charge in [0.2, 0.25) is 0 Å². The Morgan fingerprint density at radius 2 is 1.93 bits per heavy atom. The predicted molar refractivity (Wildman–Crippen MR) is 113 cm³/mol. The molecule has 4 rings (SSSR count). The van der Waals surface area contributed by atoms with Crippen molar-refractivity contribution in [2.75, 3.05) is 22.9 Å². The highest BCUT2D eigenvalue weighted by atomic mass is 35.5. The van der Waals surface area contributed by atoms with Crippen molar-refractivity contribution in [2.45, 2.75) is 28.9 Å². The number of nitrogens with zero attached hydrogens (tertiary/aromatic N) is 4. The van der Waals surface area contributed by atoms with Gasteiger partial charge in [-0.05, 0) is 23.6 Å². The largest absolute Gasteiger partial charge is 0.382 e. The Kier molecular flexibility index (Phi) is 5.25. The molecule has 6 N–H and O–H groups in total. The molecule has 144 valence electrons. The maximum atomic E-state index is 6.33. The Morgan fingerprint density at radius 1 is 1.11 bits per heavy atom. The van der Waals surface area contributed by atoms with Gasteiger partial charge in [-0.2, -0.15) is 0 Å². The molecule has 9 heteroatoms. The molecular formula is C19H20ClN7S. The Hall–Kier alpha value is -2.55. The van der Waals surface area contributed by atoms with Gasteiger partial charge >= 0.3 is 0 Å². The molecule has 0 spiro atoms. The molecule has 1 aliphatic rings. The van der Waals surface area contributed by atoms with Gasteiger partial charge in [0.1, 0.15) is 16.7 Å². The van der Waals surface area contributed by atoms with Crippen LogP contribution in [0.25, 0.3) is 0 Å². The lowest BCUT2D eigenvalue weighted by atomic mass is 10.0. The second-order valence-electron chi connectivity index (χ2n) is 6.54. The molecule has 0 saturated carbocycles. The van der Waals surface area contributed by atoms with E-state index < -0.39 is 0 Å². The minimum absolute atomic E-state index is 0.0145. The highest BCUT2D eigenvalue weighted by Gasteiger charge is 2.21. The summed E-state index contributed by atoms with van der Waals surface area (Å²) in [6.07, 6.45) is 4.16. The van der Waals surface area contributed by atoms with Gasteiger partial charge in [-0.25, -0.2) is 15.0 Å².